The molecule has 0 aliphatic carbocycles. The fourth-order valence-electron chi connectivity index (χ4n) is 5.75. The van der Waals surface area contributed by atoms with Crippen molar-refractivity contribution in [3.63, 3.8) is 0 Å². The van der Waals surface area contributed by atoms with Gasteiger partial charge in [0.1, 0.15) is 0 Å². The van der Waals surface area contributed by atoms with E-state index in [4.69, 9.17) is 12.2 Å². The van der Waals surface area contributed by atoms with Crippen LogP contribution in [0.5, 0.6) is 0 Å². The zero-order valence-corrected chi connectivity index (χ0v) is 25.2. The highest BCUT2D eigenvalue weighted by Crippen LogP contribution is 2.41. The maximum Gasteiger partial charge on any atom is 0.226 e. The minimum atomic E-state index is -0.141. The standard InChI is InChI=1S/C33H38N6OS/c1-6-24-11-7-8-12-28(24)35-30(40)18-20-38-32(31(36-33(38)41)29-13-9-10-19-34-29)27-21-22(2)39(23(27)3)26-16-14-25(15-17-26)37(4)5/h7-17,19,21,31-32H,6,18,20H2,1-5H3,(H,35,40)(H,36,41)/t31-,32-/m1/s1. The molecule has 0 unspecified atom stereocenters. The number of thiocarbonyl (C=S) groups is 1. The number of hydrogen-bond acceptors (Lipinski definition) is 4. The van der Waals surface area contributed by atoms with Gasteiger partial charge in [-0.05, 0) is 92.1 Å². The van der Waals surface area contributed by atoms with Crippen molar-refractivity contribution >= 4 is 34.6 Å². The number of nitrogens with zero attached hydrogens (tertiary/aromatic N) is 4. The number of hydrogen-bond donors (Lipinski definition) is 2. The predicted molar refractivity (Wildman–Crippen MR) is 171 cm³/mol. The highest BCUT2D eigenvalue weighted by Gasteiger charge is 2.41. The molecule has 2 atom stereocenters. The number of amides is 1. The highest BCUT2D eigenvalue weighted by molar-refractivity contribution is 7.80. The lowest BCUT2D eigenvalue weighted by atomic mass is 9.96. The van der Waals surface area contributed by atoms with Gasteiger partial charge in [-0.1, -0.05) is 31.2 Å². The summed E-state index contributed by atoms with van der Waals surface area (Å²) >= 11 is 5.87. The number of pyridine rings is 1. The molecule has 1 aliphatic rings. The van der Waals surface area contributed by atoms with Crippen LogP contribution < -0.4 is 15.5 Å². The molecule has 2 aromatic carbocycles. The highest BCUT2D eigenvalue weighted by atomic mass is 32.1. The average molecular weight is 567 g/mol. The van der Waals surface area contributed by atoms with Crippen LogP contribution in [0.15, 0.2) is 79.0 Å². The summed E-state index contributed by atoms with van der Waals surface area (Å²) in [6.45, 7) is 6.87. The van der Waals surface area contributed by atoms with E-state index in [1.165, 1.54) is 5.56 Å². The normalized spacial score (nSPS) is 16.5. The van der Waals surface area contributed by atoms with Crippen LogP contribution in [0.2, 0.25) is 0 Å². The van der Waals surface area contributed by atoms with E-state index in [1.807, 2.05) is 62.8 Å². The third kappa shape index (κ3) is 5.84. The summed E-state index contributed by atoms with van der Waals surface area (Å²) in [5, 5.41) is 7.26. The Morgan fingerprint density at radius 3 is 2.46 bits per heavy atom. The Hall–Kier alpha value is -4.17. The molecule has 0 spiro atoms. The number of carbonyl (C=O) groups is 1. The van der Waals surface area contributed by atoms with E-state index >= 15 is 0 Å². The van der Waals surface area contributed by atoms with Gasteiger partial charge in [0, 0.05) is 61.7 Å². The molecule has 212 valence electrons. The molecule has 4 aromatic rings. The van der Waals surface area contributed by atoms with Gasteiger partial charge in [0.05, 0.1) is 17.8 Å². The summed E-state index contributed by atoms with van der Waals surface area (Å²) in [4.78, 5) is 22.0. The van der Waals surface area contributed by atoms with Gasteiger partial charge in [-0.15, -0.1) is 0 Å². The zero-order chi connectivity index (χ0) is 29.1. The maximum absolute atomic E-state index is 13.1. The van der Waals surface area contributed by atoms with E-state index in [-0.39, 0.29) is 18.0 Å². The Morgan fingerprint density at radius 2 is 1.78 bits per heavy atom. The Kier molecular flexibility index (Phi) is 8.40. The molecular weight excluding hydrogens is 528 g/mol. The molecule has 2 aromatic heterocycles. The molecule has 1 saturated heterocycles. The Labute approximate surface area is 248 Å². The van der Waals surface area contributed by atoms with Crippen LogP contribution in [0.1, 0.15) is 53.6 Å². The summed E-state index contributed by atoms with van der Waals surface area (Å²) < 4.78 is 2.29. The lowest BCUT2D eigenvalue weighted by Gasteiger charge is -2.28. The number of rotatable bonds is 9. The minimum Gasteiger partial charge on any atom is -0.378 e. The van der Waals surface area contributed by atoms with Gasteiger partial charge in [-0.25, -0.2) is 0 Å². The zero-order valence-electron chi connectivity index (χ0n) is 24.4. The van der Waals surface area contributed by atoms with Crippen LogP contribution in [0.3, 0.4) is 0 Å². The quantitative estimate of drug-likeness (QED) is 0.238. The minimum absolute atomic E-state index is 0.0276. The molecular formula is C33H38N6OS. The van der Waals surface area contributed by atoms with Gasteiger partial charge < -0.3 is 25.0 Å². The molecule has 3 heterocycles. The van der Waals surface area contributed by atoms with Gasteiger partial charge in [0.2, 0.25) is 5.91 Å². The molecule has 1 fully saturated rings. The van der Waals surface area contributed by atoms with Gasteiger partial charge in [-0.2, -0.15) is 0 Å². The summed E-state index contributed by atoms with van der Waals surface area (Å²) in [7, 11) is 4.09. The van der Waals surface area contributed by atoms with Gasteiger partial charge >= 0.3 is 0 Å². The van der Waals surface area contributed by atoms with E-state index in [1.54, 1.807) is 0 Å². The number of benzene rings is 2. The summed E-state index contributed by atoms with van der Waals surface area (Å²) in [6.07, 6.45) is 2.99. The number of aryl methyl sites for hydroxylation is 2. The summed E-state index contributed by atoms with van der Waals surface area (Å²) in [6, 6.07) is 24.5. The molecule has 2 N–H and O–H groups in total. The fourth-order valence-corrected chi connectivity index (χ4v) is 6.09. The molecule has 0 saturated carbocycles. The van der Waals surface area contributed by atoms with E-state index in [0.717, 1.165) is 46.1 Å². The van der Waals surface area contributed by atoms with Crippen molar-refractivity contribution in [1.82, 2.24) is 19.8 Å². The second-order valence-corrected chi connectivity index (χ2v) is 11.1. The largest absolute Gasteiger partial charge is 0.378 e. The van der Waals surface area contributed by atoms with E-state index in [9.17, 15) is 4.79 Å². The molecule has 0 bridgehead atoms. The van der Waals surface area contributed by atoms with E-state index in [2.05, 4.69) is 81.1 Å². The van der Waals surface area contributed by atoms with Gasteiger partial charge in [0.25, 0.3) is 0 Å². The smallest absolute Gasteiger partial charge is 0.226 e. The second kappa shape index (κ2) is 12.1. The second-order valence-electron chi connectivity index (χ2n) is 10.7. The lowest BCUT2D eigenvalue weighted by Crippen LogP contribution is -2.33. The first-order valence-corrected chi connectivity index (χ1v) is 14.5. The molecule has 8 heteroatoms. The molecule has 0 radical (unpaired) electrons. The van der Waals surface area contributed by atoms with E-state index < -0.39 is 0 Å². The SMILES string of the molecule is CCc1ccccc1NC(=O)CCN1C(=S)N[C@H](c2ccccn2)[C@H]1c1cc(C)n(-c2ccc(N(C)C)cc2)c1C. The summed E-state index contributed by atoms with van der Waals surface area (Å²) in [5.74, 6) is -0.0276. The van der Waals surface area contributed by atoms with Crippen molar-refractivity contribution in [2.24, 2.45) is 0 Å². The average Bonchev–Trinajstić information content (AvgIpc) is 3.46. The van der Waals surface area contributed by atoms with Crippen LogP contribution in [0, 0.1) is 13.8 Å². The van der Waals surface area contributed by atoms with Crippen LogP contribution in [-0.2, 0) is 11.2 Å². The van der Waals surface area contributed by atoms with Crippen molar-refractivity contribution in [1.29, 1.82) is 0 Å². The topological polar surface area (TPSA) is 65.4 Å². The van der Waals surface area contributed by atoms with Crippen LogP contribution in [0.25, 0.3) is 5.69 Å². The van der Waals surface area contributed by atoms with Gasteiger partial charge in [0.15, 0.2) is 5.11 Å². The number of anilines is 2. The third-order valence-electron chi connectivity index (χ3n) is 7.86. The van der Waals surface area contributed by atoms with Crippen molar-refractivity contribution in [2.75, 3.05) is 30.9 Å². The summed E-state index contributed by atoms with van der Waals surface area (Å²) in [5.41, 5.74) is 8.63. The van der Waals surface area contributed by atoms with Crippen molar-refractivity contribution < 1.29 is 4.79 Å². The number of nitrogens with one attached hydrogen (secondary N) is 2. The molecule has 1 amide bonds. The first-order chi connectivity index (χ1) is 19.8. The molecule has 5 rings (SSSR count). The van der Waals surface area contributed by atoms with E-state index in [0.29, 0.717) is 18.1 Å². The lowest BCUT2D eigenvalue weighted by molar-refractivity contribution is -0.116. The monoisotopic (exact) mass is 566 g/mol. The Morgan fingerprint density at radius 1 is 1.05 bits per heavy atom. The van der Waals surface area contributed by atoms with Gasteiger partial charge in [-0.3, -0.25) is 9.78 Å². The predicted octanol–water partition coefficient (Wildman–Crippen LogP) is 6.12. The van der Waals surface area contributed by atoms with Crippen LogP contribution >= 0.6 is 12.2 Å². The third-order valence-corrected chi connectivity index (χ3v) is 8.22. The Balaban J connectivity index is 1.46. The molecule has 41 heavy (non-hydrogen) atoms. The fraction of sp³-hybridized carbons (Fsp3) is 0.303. The van der Waals surface area contributed by atoms with Crippen LogP contribution in [0.4, 0.5) is 11.4 Å². The first kappa shape index (κ1) is 28.4. The van der Waals surface area contributed by atoms with Crippen molar-refractivity contribution in [3.8, 4) is 5.69 Å². The molecule has 1 aliphatic heterocycles. The van der Waals surface area contributed by atoms with Crippen LogP contribution in [-0.4, -0.2) is 46.1 Å². The number of aromatic nitrogens is 2. The number of para-hydroxylation sites is 1. The number of carbonyl (C=O) groups excluding carboxylic acids is 1. The first-order valence-electron chi connectivity index (χ1n) is 14.1. The Bertz CT molecular complexity index is 1530. The van der Waals surface area contributed by atoms with Crippen molar-refractivity contribution in [3.05, 3.63) is 107 Å². The maximum atomic E-state index is 13.1. The van der Waals surface area contributed by atoms with Crippen molar-refractivity contribution in [2.45, 2.75) is 45.7 Å². The molecule has 7 nitrogen and oxygen atoms in total.